The van der Waals surface area contributed by atoms with Gasteiger partial charge in [-0.05, 0) is 83.6 Å². The van der Waals surface area contributed by atoms with E-state index in [1.165, 1.54) is 12.8 Å². The average Bonchev–Trinajstić information content (AvgIpc) is 3.45. The highest BCUT2D eigenvalue weighted by molar-refractivity contribution is 7.89. The molecule has 2 saturated heterocycles. The van der Waals surface area contributed by atoms with Crippen molar-refractivity contribution in [3.63, 3.8) is 0 Å². The number of rotatable bonds is 9. The number of hydrogen-bond donors (Lipinski definition) is 3. The summed E-state index contributed by atoms with van der Waals surface area (Å²) in [6.45, 7) is 8.69. The number of primary sulfonamides is 1. The van der Waals surface area contributed by atoms with Crippen molar-refractivity contribution in [1.29, 1.82) is 0 Å². The molecule has 0 radical (unpaired) electrons. The summed E-state index contributed by atoms with van der Waals surface area (Å²) >= 11 is 0. The zero-order valence-corrected chi connectivity index (χ0v) is 20.9. The van der Waals surface area contributed by atoms with Gasteiger partial charge in [-0.1, -0.05) is 0 Å². The molecule has 2 aliphatic heterocycles. The summed E-state index contributed by atoms with van der Waals surface area (Å²) in [6.07, 6.45) is 8.45. The van der Waals surface area contributed by atoms with E-state index in [1.54, 1.807) is 0 Å². The molecule has 33 heavy (non-hydrogen) atoms. The van der Waals surface area contributed by atoms with Gasteiger partial charge < -0.3 is 15.5 Å². The van der Waals surface area contributed by atoms with Crippen LogP contribution in [0.3, 0.4) is 0 Å². The summed E-state index contributed by atoms with van der Waals surface area (Å²) < 4.78 is 23.7. The molecule has 0 bridgehead atoms. The molecule has 3 aliphatic rings. The van der Waals surface area contributed by atoms with Crippen LogP contribution in [0.2, 0.25) is 0 Å². The number of likely N-dealkylation sites (tertiary alicyclic amines) is 1. The molecule has 0 amide bonds. The van der Waals surface area contributed by atoms with E-state index >= 15 is 0 Å². The Kier molecular flexibility index (Phi) is 7.91. The lowest BCUT2D eigenvalue weighted by molar-refractivity contribution is 0.196. The number of hydrogen-bond acceptors (Lipinski definition) is 9. The number of anilines is 3. The molecule has 3 fully saturated rings. The minimum absolute atomic E-state index is 0.256. The van der Waals surface area contributed by atoms with Crippen LogP contribution in [0.1, 0.15) is 65.2 Å². The Labute approximate surface area is 198 Å². The van der Waals surface area contributed by atoms with Crippen molar-refractivity contribution < 1.29 is 8.42 Å². The summed E-state index contributed by atoms with van der Waals surface area (Å²) in [7, 11) is -3.49. The Morgan fingerprint density at radius 1 is 0.939 bits per heavy atom. The Hall–Kier alpha value is -1.72. The maximum atomic E-state index is 11.9. The van der Waals surface area contributed by atoms with Gasteiger partial charge in [0.25, 0.3) is 0 Å². The van der Waals surface area contributed by atoms with Gasteiger partial charge in [-0.15, -0.1) is 0 Å². The topological polar surface area (TPSA) is 129 Å². The number of nitrogens with one attached hydrogen (secondary N) is 2. The second-order valence-corrected chi connectivity index (χ2v) is 11.9. The van der Waals surface area contributed by atoms with Gasteiger partial charge in [-0.25, -0.2) is 13.6 Å². The first kappa shape index (κ1) is 24.4. The third-order valence-electron chi connectivity index (χ3n) is 7.12. The number of aromatic nitrogens is 3. The van der Waals surface area contributed by atoms with Crippen molar-refractivity contribution in [2.24, 2.45) is 17.0 Å². The lowest BCUT2D eigenvalue weighted by atomic mass is 9.82. The van der Waals surface area contributed by atoms with E-state index in [9.17, 15) is 8.42 Å². The Bertz CT molecular complexity index is 882. The smallest absolute Gasteiger partial charge is 0.231 e. The van der Waals surface area contributed by atoms with Crippen LogP contribution in [-0.2, 0) is 10.0 Å². The highest BCUT2D eigenvalue weighted by Gasteiger charge is 2.35. The summed E-state index contributed by atoms with van der Waals surface area (Å²) in [4.78, 5) is 18.2. The van der Waals surface area contributed by atoms with Crippen molar-refractivity contribution in [3.8, 4) is 0 Å². The van der Waals surface area contributed by atoms with Crippen LogP contribution in [-0.4, -0.2) is 72.4 Å². The normalized spacial score (nSPS) is 26.8. The SMILES string of the molecule is CC(C)Nc1nc(NCC2CCC(CN3CCCC3S(N)(=O)=O)CC2)nc(N2CCCC2)n1. The fourth-order valence-corrected chi connectivity index (χ4v) is 6.49. The molecule has 1 aromatic heterocycles. The van der Waals surface area contributed by atoms with Crippen molar-refractivity contribution >= 4 is 27.9 Å². The maximum Gasteiger partial charge on any atom is 0.231 e. The predicted octanol–water partition coefficient (Wildman–Crippen LogP) is 2.22. The molecular weight excluding hydrogens is 440 g/mol. The Morgan fingerprint density at radius 3 is 2.27 bits per heavy atom. The molecule has 1 atom stereocenters. The molecule has 0 aromatic carbocycles. The van der Waals surface area contributed by atoms with Gasteiger partial charge in [-0.3, -0.25) is 4.90 Å². The third kappa shape index (κ3) is 6.66. The lowest BCUT2D eigenvalue weighted by Crippen LogP contribution is -2.42. The van der Waals surface area contributed by atoms with Crippen LogP contribution >= 0.6 is 0 Å². The Morgan fingerprint density at radius 2 is 1.61 bits per heavy atom. The zero-order valence-electron chi connectivity index (χ0n) is 20.0. The van der Waals surface area contributed by atoms with E-state index in [-0.39, 0.29) is 6.04 Å². The second kappa shape index (κ2) is 10.7. The first-order chi connectivity index (χ1) is 15.8. The van der Waals surface area contributed by atoms with E-state index in [0.29, 0.717) is 30.2 Å². The molecule has 11 heteroatoms. The van der Waals surface area contributed by atoms with Crippen LogP contribution in [0.25, 0.3) is 0 Å². The second-order valence-electron chi connectivity index (χ2n) is 10.2. The van der Waals surface area contributed by atoms with Crippen LogP contribution in [0.15, 0.2) is 0 Å². The fourth-order valence-electron chi connectivity index (χ4n) is 5.39. The van der Waals surface area contributed by atoms with Crippen molar-refractivity contribution in [2.45, 2.75) is 76.6 Å². The Balaban J connectivity index is 1.29. The van der Waals surface area contributed by atoms with Gasteiger partial charge in [0.15, 0.2) is 0 Å². The molecule has 4 rings (SSSR count). The first-order valence-corrected chi connectivity index (χ1v) is 14.2. The molecule has 186 valence electrons. The zero-order chi connectivity index (χ0) is 23.4. The summed E-state index contributed by atoms with van der Waals surface area (Å²) in [5, 5.41) is 11.7. The van der Waals surface area contributed by atoms with Gasteiger partial charge in [0.2, 0.25) is 27.9 Å². The largest absolute Gasteiger partial charge is 0.354 e. The average molecular weight is 481 g/mol. The van der Waals surface area contributed by atoms with Gasteiger partial charge in [0.05, 0.1) is 0 Å². The van der Waals surface area contributed by atoms with Crippen LogP contribution < -0.4 is 20.7 Å². The summed E-state index contributed by atoms with van der Waals surface area (Å²) in [5.74, 6) is 3.15. The molecule has 10 nitrogen and oxygen atoms in total. The van der Waals surface area contributed by atoms with E-state index in [1.807, 2.05) is 0 Å². The maximum absolute atomic E-state index is 11.9. The van der Waals surface area contributed by atoms with Crippen LogP contribution in [0.4, 0.5) is 17.8 Å². The van der Waals surface area contributed by atoms with Gasteiger partial charge in [0.1, 0.15) is 5.37 Å². The molecule has 1 unspecified atom stereocenters. The molecule has 1 aromatic rings. The quantitative estimate of drug-likeness (QED) is 0.487. The highest BCUT2D eigenvalue weighted by atomic mass is 32.2. The molecule has 1 aliphatic carbocycles. The van der Waals surface area contributed by atoms with Gasteiger partial charge >= 0.3 is 0 Å². The highest BCUT2D eigenvalue weighted by Crippen LogP contribution is 2.32. The fraction of sp³-hybridized carbons (Fsp3) is 0.864. The monoisotopic (exact) mass is 480 g/mol. The van der Waals surface area contributed by atoms with Gasteiger partial charge in [0, 0.05) is 32.2 Å². The third-order valence-corrected chi connectivity index (χ3v) is 8.41. The predicted molar refractivity (Wildman–Crippen MR) is 132 cm³/mol. The van der Waals surface area contributed by atoms with E-state index in [2.05, 4.69) is 44.2 Å². The number of nitrogens with two attached hydrogens (primary N) is 1. The first-order valence-electron chi connectivity index (χ1n) is 12.5. The number of nitrogens with zero attached hydrogens (tertiary/aromatic N) is 5. The van der Waals surface area contributed by atoms with Gasteiger partial charge in [-0.2, -0.15) is 15.0 Å². The minimum Gasteiger partial charge on any atom is -0.354 e. The van der Waals surface area contributed by atoms with Crippen LogP contribution in [0.5, 0.6) is 0 Å². The van der Waals surface area contributed by atoms with Crippen molar-refractivity contribution in [3.05, 3.63) is 0 Å². The van der Waals surface area contributed by atoms with E-state index in [0.717, 1.165) is 70.8 Å². The summed E-state index contributed by atoms with van der Waals surface area (Å²) in [6, 6.07) is 0.256. The molecule has 4 N–H and O–H groups in total. The number of sulfonamides is 1. The molecule has 3 heterocycles. The van der Waals surface area contributed by atoms with E-state index in [4.69, 9.17) is 10.1 Å². The van der Waals surface area contributed by atoms with E-state index < -0.39 is 15.4 Å². The lowest BCUT2D eigenvalue weighted by Gasteiger charge is -2.33. The molecule has 1 saturated carbocycles. The minimum atomic E-state index is -3.49. The van der Waals surface area contributed by atoms with Crippen molar-refractivity contribution in [1.82, 2.24) is 19.9 Å². The van der Waals surface area contributed by atoms with Crippen LogP contribution in [0, 0.1) is 11.8 Å². The molecular formula is C22H40N8O2S. The van der Waals surface area contributed by atoms with Crippen molar-refractivity contribution in [2.75, 3.05) is 48.3 Å². The standard InChI is InChI=1S/C22H40N8O2S/c1-16(2)25-21-26-20(27-22(28-21)29-11-3-4-12-29)24-14-17-7-9-18(10-8-17)15-30-13-5-6-19(30)33(23,31)32/h16-19H,3-15H2,1-2H3,(H2,23,31,32)(H2,24,25,26,27,28). The summed E-state index contributed by atoms with van der Waals surface area (Å²) in [5.41, 5.74) is 0. The molecule has 0 spiro atoms.